The Bertz CT molecular complexity index is 264. The second-order valence-electron chi connectivity index (χ2n) is 3.37. The Morgan fingerprint density at radius 1 is 1.46 bits per heavy atom. The Hall–Kier alpha value is 0.950. The minimum absolute atomic E-state index is 0.146. The minimum Gasteiger partial charge on any atom is -0.131 e. The van der Waals surface area contributed by atoms with Crippen LogP contribution in [-0.4, -0.2) is 0 Å². The van der Waals surface area contributed by atoms with Gasteiger partial charge in [-0.15, -0.1) is 22.9 Å². The molecule has 1 rings (SSSR count). The zero-order chi connectivity index (χ0) is 10.0. The molecule has 0 aliphatic rings. The van der Waals surface area contributed by atoms with Crippen LogP contribution >= 0.6 is 54.8 Å². The Morgan fingerprint density at radius 3 is 2.46 bits per heavy atom. The van der Waals surface area contributed by atoms with Crippen LogP contribution in [-0.2, 0) is 0 Å². The van der Waals surface area contributed by atoms with Crippen molar-refractivity contribution in [1.29, 1.82) is 0 Å². The Balaban J connectivity index is 2.71. The van der Waals surface area contributed by atoms with E-state index < -0.39 is 0 Å². The van der Waals surface area contributed by atoms with Crippen molar-refractivity contribution in [2.24, 2.45) is 5.92 Å². The average molecular weight is 347 g/mol. The molecule has 0 spiro atoms. The van der Waals surface area contributed by atoms with Crippen molar-refractivity contribution < 1.29 is 0 Å². The van der Waals surface area contributed by atoms with E-state index in [-0.39, 0.29) is 5.38 Å². The molecule has 1 heterocycles. The fourth-order valence-corrected chi connectivity index (χ4v) is 3.68. The summed E-state index contributed by atoms with van der Waals surface area (Å²) in [6.07, 6.45) is 1.03. The summed E-state index contributed by atoms with van der Waals surface area (Å²) in [5.74, 6) is 0.641. The van der Waals surface area contributed by atoms with Crippen LogP contribution in [0.5, 0.6) is 0 Å². The third-order valence-electron chi connectivity index (χ3n) is 1.65. The zero-order valence-electron chi connectivity index (χ0n) is 7.48. The van der Waals surface area contributed by atoms with Gasteiger partial charge in [0.25, 0.3) is 0 Å². The second-order valence-corrected chi connectivity index (χ2v) is 7.15. The van der Waals surface area contributed by atoms with Gasteiger partial charge in [0.2, 0.25) is 0 Å². The Labute approximate surface area is 105 Å². The second kappa shape index (κ2) is 5.15. The summed E-state index contributed by atoms with van der Waals surface area (Å²) in [5, 5.41) is 0.146. The lowest BCUT2D eigenvalue weighted by Gasteiger charge is -2.09. The fraction of sp³-hybridized carbons (Fsp3) is 0.556. The maximum absolute atomic E-state index is 6.26. The maximum atomic E-state index is 6.26. The van der Waals surface area contributed by atoms with Gasteiger partial charge in [0.05, 0.1) is 9.16 Å². The standard InChI is InChI=1S/C9H11Br2ClS/c1-5(2)3-7(12)8-4-6(10)9(11)13-8/h4-5,7H,3H2,1-2H3. The van der Waals surface area contributed by atoms with Crippen LogP contribution < -0.4 is 0 Å². The monoisotopic (exact) mass is 344 g/mol. The molecule has 0 nitrogen and oxygen atoms in total. The van der Waals surface area contributed by atoms with Gasteiger partial charge < -0.3 is 0 Å². The summed E-state index contributed by atoms with van der Waals surface area (Å²) in [6, 6.07) is 2.09. The molecule has 0 bridgehead atoms. The molecule has 0 aliphatic carbocycles. The van der Waals surface area contributed by atoms with E-state index in [0.717, 1.165) is 14.7 Å². The highest BCUT2D eigenvalue weighted by Crippen LogP contribution is 2.39. The summed E-state index contributed by atoms with van der Waals surface area (Å²) >= 11 is 14.9. The van der Waals surface area contributed by atoms with E-state index >= 15 is 0 Å². The van der Waals surface area contributed by atoms with Gasteiger partial charge in [-0.25, -0.2) is 0 Å². The van der Waals surface area contributed by atoms with Crippen LogP contribution in [0.1, 0.15) is 30.5 Å². The first-order valence-electron chi connectivity index (χ1n) is 4.09. The molecule has 0 saturated heterocycles. The molecule has 1 atom stereocenters. The van der Waals surface area contributed by atoms with Crippen molar-refractivity contribution in [3.8, 4) is 0 Å². The van der Waals surface area contributed by atoms with Crippen LogP contribution in [0.15, 0.2) is 14.3 Å². The first-order valence-corrected chi connectivity index (χ1v) is 6.93. The van der Waals surface area contributed by atoms with Gasteiger partial charge in [0.1, 0.15) is 0 Å². The van der Waals surface area contributed by atoms with Crippen molar-refractivity contribution >= 4 is 54.8 Å². The van der Waals surface area contributed by atoms with E-state index in [4.69, 9.17) is 11.6 Å². The zero-order valence-corrected chi connectivity index (χ0v) is 12.2. The number of thiophene rings is 1. The van der Waals surface area contributed by atoms with Gasteiger partial charge >= 0.3 is 0 Å². The Morgan fingerprint density at radius 2 is 2.08 bits per heavy atom. The molecule has 0 amide bonds. The summed E-state index contributed by atoms with van der Waals surface area (Å²) in [5.41, 5.74) is 0. The topological polar surface area (TPSA) is 0 Å². The van der Waals surface area contributed by atoms with Gasteiger partial charge in [-0.2, -0.15) is 0 Å². The van der Waals surface area contributed by atoms with E-state index in [0.29, 0.717) is 5.92 Å². The van der Waals surface area contributed by atoms with E-state index in [1.165, 1.54) is 4.88 Å². The summed E-state index contributed by atoms with van der Waals surface area (Å²) in [7, 11) is 0. The average Bonchev–Trinajstić information content (AvgIpc) is 2.31. The van der Waals surface area contributed by atoms with Gasteiger partial charge in [-0.3, -0.25) is 0 Å². The molecule has 4 heteroatoms. The molecular weight excluding hydrogens is 335 g/mol. The molecule has 0 aliphatic heterocycles. The highest BCUT2D eigenvalue weighted by molar-refractivity contribution is 9.13. The molecule has 0 aromatic carbocycles. The number of hydrogen-bond donors (Lipinski definition) is 0. The largest absolute Gasteiger partial charge is 0.131 e. The third-order valence-corrected chi connectivity index (χ3v) is 5.56. The number of rotatable bonds is 3. The maximum Gasteiger partial charge on any atom is 0.0843 e. The van der Waals surface area contributed by atoms with Gasteiger partial charge in [-0.1, -0.05) is 13.8 Å². The van der Waals surface area contributed by atoms with Crippen LogP contribution in [0.2, 0.25) is 0 Å². The van der Waals surface area contributed by atoms with Gasteiger partial charge in [-0.05, 0) is 50.3 Å². The number of hydrogen-bond acceptors (Lipinski definition) is 1. The van der Waals surface area contributed by atoms with Crippen molar-refractivity contribution in [3.63, 3.8) is 0 Å². The highest BCUT2D eigenvalue weighted by atomic mass is 79.9. The van der Waals surface area contributed by atoms with E-state index in [1.807, 2.05) is 0 Å². The predicted octanol–water partition coefficient (Wildman–Crippen LogP) is 5.60. The van der Waals surface area contributed by atoms with E-state index in [1.54, 1.807) is 11.3 Å². The summed E-state index contributed by atoms with van der Waals surface area (Å²) in [6.45, 7) is 4.38. The van der Waals surface area contributed by atoms with Gasteiger partial charge in [0, 0.05) is 9.35 Å². The van der Waals surface area contributed by atoms with Crippen molar-refractivity contribution in [2.45, 2.75) is 25.6 Å². The molecule has 1 unspecified atom stereocenters. The van der Waals surface area contributed by atoms with Crippen LogP contribution in [0.25, 0.3) is 0 Å². The van der Waals surface area contributed by atoms with Crippen molar-refractivity contribution in [2.75, 3.05) is 0 Å². The third kappa shape index (κ3) is 3.54. The molecule has 0 fully saturated rings. The van der Waals surface area contributed by atoms with Crippen LogP contribution in [0, 0.1) is 5.92 Å². The minimum atomic E-state index is 0.146. The van der Waals surface area contributed by atoms with Crippen molar-refractivity contribution in [3.05, 3.63) is 19.2 Å². The molecule has 74 valence electrons. The fourth-order valence-electron chi connectivity index (χ4n) is 1.05. The van der Waals surface area contributed by atoms with Crippen LogP contribution in [0.3, 0.4) is 0 Å². The molecule has 0 saturated carbocycles. The first-order chi connectivity index (χ1) is 6.00. The molecule has 0 N–H and O–H groups in total. The molecule has 13 heavy (non-hydrogen) atoms. The lowest BCUT2D eigenvalue weighted by molar-refractivity contribution is 0.578. The summed E-state index contributed by atoms with van der Waals surface area (Å²) in [4.78, 5) is 1.23. The van der Waals surface area contributed by atoms with E-state index in [9.17, 15) is 0 Å². The summed E-state index contributed by atoms with van der Waals surface area (Å²) < 4.78 is 2.22. The molecule has 1 aromatic rings. The Kier molecular flexibility index (Phi) is 4.76. The molecular formula is C9H11Br2ClS. The molecule has 1 aromatic heterocycles. The normalized spacial score (nSPS) is 13.7. The number of alkyl halides is 1. The first kappa shape index (κ1) is 12.0. The SMILES string of the molecule is CC(C)CC(Cl)c1cc(Br)c(Br)s1. The van der Waals surface area contributed by atoms with Crippen molar-refractivity contribution in [1.82, 2.24) is 0 Å². The molecule has 0 radical (unpaired) electrons. The highest BCUT2D eigenvalue weighted by Gasteiger charge is 2.14. The number of halogens is 3. The lowest BCUT2D eigenvalue weighted by atomic mass is 10.1. The lowest BCUT2D eigenvalue weighted by Crippen LogP contribution is -1.93. The quantitative estimate of drug-likeness (QED) is 0.625. The predicted molar refractivity (Wildman–Crippen MR) is 67.8 cm³/mol. The smallest absolute Gasteiger partial charge is 0.0843 e. The van der Waals surface area contributed by atoms with E-state index in [2.05, 4.69) is 51.8 Å². The van der Waals surface area contributed by atoms with Gasteiger partial charge in [0.15, 0.2) is 0 Å². The van der Waals surface area contributed by atoms with Crippen LogP contribution in [0.4, 0.5) is 0 Å².